The van der Waals surface area contributed by atoms with Crippen LogP contribution >= 0.6 is 22.9 Å². The number of halogens is 1. The highest BCUT2D eigenvalue weighted by Crippen LogP contribution is 2.39. The fraction of sp³-hybridized carbons (Fsp3) is 0.238. The molecule has 0 aliphatic carbocycles. The Labute approximate surface area is 181 Å². The van der Waals surface area contributed by atoms with Gasteiger partial charge in [0.05, 0.1) is 23.9 Å². The van der Waals surface area contributed by atoms with Gasteiger partial charge in [0.25, 0.3) is 5.91 Å². The zero-order valence-electron chi connectivity index (χ0n) is 15.8. The molecule has 0 spiro atoms. The average molecular weight is 445 g/mol. The van der Waals surface area contributed by atoms with Gasteiger partial charge in [0.15, 0.2) is 28.1 Å². The Morgan fingerprint density at radius 1 is 0.967 bits per heavy atom. The molecule has 1 N–H and O–H groups in total. The van der Waals surface area contributed by atoms with Crippen LogP contribution in [0, 0.1) is 0 Å². The minimum atomic E-state index is -0.323. The van der Waals surface area contributed by atoms with Crippen LogP contribution in [0.3, 0.4) is 0 Å². The number of rotatable bonds is 3. The predicted molar refractivity (Wildman–Crippen MR) is 114 cm³/mol. The van der Waals surface area contributed by atoms with Gasteiger partial charge in [-0.2, -0.15) is 0 Å². The van der Waals surface area contributed by atoms with Crippen LogP contribution < -0.4 is 24.3 Å². The van der Waals surface area contributed by atoms with Gasteiger partial charge < -0.3 is 18.9 Å². The van der Waals surface area contributed by atoms with Gasteiger partial charge in [-0.25, -0.2) is 4.98 Å². The zero-order chi connectivity index (χ0) is 20.5. The van der Waals surface area contributed by atoms with Crippen molar-refractivity contribution in [2.75, 3.05) is 31.7 Å². The second kappa shape index (κ2) is 8.04. The summed E-state index contributed by atoms with van der Waals surface area (Å²) < 4.78 is 22.4. The minimum Gasteiger partial charge on any atom is -0.489 e. The number of carbonyl (C=O) groups excluding carboxylic acids is 1. The van der Waals surface area contributed by atoms with Crippen molar-refractivity contribution in [3.8, 4) is 34.3 Å². The van der Waals surface area contributed by atoms with Crippen molar-refractivity contribution in [1.82, 2.24) is 4.98 Å². The van der Waals surface area contributed by atoms with E-state index in [0.29, 0.717) is 59.4 Å². The second-order valence-corrected chi connectivity index (χ2v) is 7.95. The van der Waals surface area contributed by atoms with Gasteiger partial charge in [-0.15, -0.1) is 11.3 Å². The van der Waals surface area contributed by atoms with Crippen molar-refractivity contribution in [3.63, 3.8) is 0 Å². The fourth-order valence-electron chi connectivity index (χ4n) is 3.20. The number of amides is 1. The summed E-state index contributed by atoms with van der Waals surface area (Å²) in [6, 6.07) is 8.87. The maximum Gasteiger partial charge on any atom is 0.257 e. The minimum absolute atomic E-state index is 0.323. The lowest BCUT2D eigenvalue weighted by Crippen LogP contribution is -2.15. The van der Waals surface area contributed by atoms with E-state index in [-0.39, 0.29) is 5.91 Å². The van der Waals surface area contributed by atoms with E-state index in [9.17, 15) is 4.79 Å². The summed E-state index contributed by atoms with van der Waals surface area (Å²) >= 11 is 7.63. The average Bonchev–Trinajstić information content (AvgIpc) is 3.09. The van der Waals surface area contributed by atoms with Crippen LogP contribution in [-0.2, 0) is 0 Å². The van der Waals surface area contributed by atoms with Crippen molar-refractivity contribution in [2.24, 2.45) is 0 Å². The van der Waals surface area contributed by atoms with Crippen LogP contribution in [0.25, 0.3) is 11.3 Å². The summed E-state index contributed by atoms with van der Waals surface area (Å²) in [4.78, 5) is 17.3. The molecule has 0 bridgehead atoms. The molecule has 3 heterocycles. The molecule has 0 saturated heterocycles. The summed E-state index contributed by atoms with van der Waals surface area (Å²) in [5, 5.41) is 5.52. The van der Waals surface area contributed by atoms with Crippen LogP contribution in [-0.4, -0.2) is 37.3 Å². The third-order valence-corrected chi connectivity index (χ3v) is 5.67. The Hall–Kier alpha value is -2.97. The number of nitrogens with one attached hydrogen (secondary N) is 1. The van der Waals surface area contributed by atoms with Crippen LogP contribution in [0.15, 0.2) is 35.7 Å². The smallest absolute Gasteiger partial charge is 0.257 e. The number of ether oxygens (including phenoxy) is 4. The highest BCUT2D eigenvalue weighted by molar-refractivity contribution is 7.14. The molecule has 0 unspecified atom stereocenters. The van der Waals surface area contributed by atoms with Crippen molar-refractivity contribution in [1.29, 1.82) is 0 Å². The van der Waals surface area contributed by atoms with E-state index >= 15 is 0 Å². The van der Waals surface area contributed by atoms with Gasteiger partial charge in [-0.3, -0.25) is 10.1 Å². The molecule has 7 nitrogen and oxygen atoms in total. The highest BCUT2D eigenvalue weighted by atomic mass is 35.5. The topological polar surface area (TPSA) is 78.9 Å². The lowest BCUT2D eigenvalue weighted by atomic mass is 10.1. The first-order valence-corrected chi connectivity index (χ1v) is 10.7. The normalized spacial score (nSPS) is 14.7. The van der Waals surface area contributed by atoms with Crippen LogP contribution in [0.1, 0.15) is 16.8 Å². The van der Waals surface area contributed by atoms with E-state index in [1.807, 2.05) is 23.6 Å². The molecule has 0 fully saturated rings. The van der Waals surface area contributed by atoms with Gasteiger partial charge in [-0.1, -0.05) is 11.6 Å². The van der Waals surface area contributed by atoms with E-state index in [2.05, 4.69) is 10.3 Å². The molecule has 2 aliphatic rings. The lowest BCUT2D eigenvalue weighted by molar-refractivity contribution is 0.102. The number of benzene rings is 2. The summed E-state index contributed by atoms with van der Waals surface area (Å²) in [6.07, 6.45) is 0.758. The Morgan fingerprint density at radius 3 is 2.67 bits per heavy atom. The zero-order valence-corrected chi connectivity index (χ0v) is 17.3. The van der Waals surface area contributed by atoms with Gasteiger partial charge in [0.2, 0.25) is 0 Å². The van der Waals surface area contributed by atoms with E-state index in [1.165, 1.54) is 11.3 Å². The van der Waals surface area contributed by atoms with E-state index in [0.717, 1.165) is 23.4 Å². The van der Waals surface area contributed by atoms with Crippen LogP contribution in [0.4, 0.5) is 5.13 Å². The molecule has 0 saturated carbocycles. The molecule has 0 radical (unpaired) electrons. The molecule has 2 aromatic carbocycles. The maximum absolute atomic E-state index is 12.7. The molecule has 1 aromatic heterocycles. The molecular formula is C21H17ClN2O5S. The Kier molecular flexibility index (Phi) is 5.10. The van der Waals surface area contributed by atoms with Crippen molar-refractivity contribution < 1.29 is 23.7 Å². The van der Waals surface area contributed by atoms with Crippen LogP contribution in [0.5, 0.6) is 23.0 Å². The first-order chi connectivity index (χ1) is 14.7. The van der Waals surface area contributed by atoms with Gasteiger partial charge in [-0.05, 0) is 30.3 Å². The van der Waals surface area contributed by atoms with Crippen molar-refractivity contribution in [3.05, 3.63) is 46.3 Å². The largest absolute Gasteiger partial charge is 0.489 e. The summed E-state index contributed by atoms with van der Waals surface area (Å²) in [6.45, 7) is 2.11. The number of hydrogen-bond donors (Lipinski definition) is 1. The number of aromatic nitrogens is 1. The molecule has 3 aromatic rings. The summed E-state index contributed by atoms with van der Waals surface area (Å²) in [7, 11) is 0. The number of carbonyl (C=O) groups is 1. The summed E-state index contributed by atoms with van der Waals surface area (Å²) in [5.74, 6) is 2.04. The third kappa shape index (κ3) is 3.76. The molecule has 30 heavy (non-hydrogen) atoms. The number of fused-ring (bicyclic) bond motifs is 2. The van der Waals surface area contributed by atoms with Crippen molar-refractivity contribution in [2.45, 2.75) is 6.42 Å². The Morgan fingerprint density at radius 2 is 1.77 bits per heavy atom. The molecular weight excluding hydrogens is 428 g/mol. The maximum atomic E-state index is 12.7. The first-order valence-electron chi connectivity index (χ1n) is 9.43. The van der Waals surface area contributed by atoms with Crippen LogP contribution in [0.2, 0.25) is 5.02 Å². The molecule has 5 rings (SSSR count). The van der Waals surface area contributed by atoms with E-state index < -0.39 is 0 Å². The molecule has 0 atom stereocenters. The number of anilines is 1. The number of thiazole rings is 1. The van der Waals surface area contributed by atoms with Gasteiger partial charge >= 0.3 is 0 Å². The molecule has 1 amide bonds. The Balaban J connectivity index is 1.35. The van der Waals surface area contributed by atoms with E-state index in [1.54, 1.807) is 12.1 Å². The van der Waals surface area contributed by atoms with Gasteiger partial charge in [0.1, 0.15) is 13.2 Å². The van der Waals surface area contributed by atoms with Gasteiger partial charge in [0, 0.05) is 22.9 Å². The quantitative estimate of drug-likeness (QED) is 0.633. The highest BCUT2D eigenvalue weighted by Gasteiger charge is 2.20. The number of nitrogens with zero attached hydrogens (tertiary/aromatic N) is 1. The van der Waals surface area contributed by atoms with E-state index in [4.69, 9.17) is 30.5 Å². The standard InChI is InChI=1S/C21H17ClN2O5S/c22-14-8-13(10-18-19(14)29-5-1-4-26-18)20(25)24-21-23-15(11-30-21)12-2-3-16-17(9-12)28-7-6-27-16/h2-3,8-11H,1,4-7H2,(H,23,24,25). The molecule has 2 aliphatic heterocycles. The first kappa shape index (κ1) is 19.0. The molecule has 9 heteroatoms. The SMILES string of the molecule is O=C(Nc1nc(-c2ccc3c(c2)OCCO3)cs1)c1cc(Cl)c2c(c1)OCCCO2. The lowest BCUT2D eigenvalue weighted by Gasteiger charge is -2.18. The summed E-state index contributed by atoms with van der Waals surface area (Å²) in [5.41, 5.74) is 2.00. The Bertz CT molecular complexity index is 1120. The monoisotopic (exact) mass is 444 g/mol. The predicted octanol–water partition coefficient (Wildman–Crippen LogP) is 4.65. The second-order valence-electron chi connectivity index (χ2n) is 6.69. The fourth-order valence-corrected chi connectivity index (χ4v) is 4.18. The molecule has 154 valence electrons. The van der Waals surface area contributed by atoms with Crippen molar-refractivity contribution >= 4 is 34.0 Å². The third-order valence-electron chi connectivity index (χ3n) is 4.63. The number of hydrogen-bond acceptors (Lipinski definition) is 7.